The molecule has 3 aromatic rings. The van der Waals surface area contributed by atoms with E-state index in [1.54, 1.807) is 32.2 Å². The predicted octanol–water partition coefficient (Wildman–Crippen LogP) is 5.19. The number of hydrogen-bond acceptors (Lipinski definition) is 5. The molecule has 5 nitrogen and oxygen atoms in total. The van der Waals surface area contributed by atoms with Crippen molar-refractivity contribution in [3.8, 4) is 22.9 Å². The van der Waals surface area contributed by atoms with Gasteiger partial charge in [0.05, 0.1) is 12.1 Å². The van der Waals surface area contributed by atoms with Crippen LogP contribution in [-0.4, -0.2) is 17.3 Å². The molecule has 0 radical (unpaired) electrons. The molecular weight excluding hydrogens is 351 g/mol. The van der Waals surface area contributed by atoms with Gasteiger partial charge in [0.25, 0.3) is 5.89 Å². The molecule has 3 rings (SSSR count). The zero-order valence-corrected chi connectivity index (χ0v) is 14.5. The predicted molar refractivity (Wildman–Crippen MR) is 91.8 cm³/mol. The molecule has 0 fully saturated rings. The summed E-state index contributed by atoms with van der Waals surface area (Å²) < 4.78 is 16.2. The number of rotatable bonds is 5. The third-order valence-electron chi connectivity index (χ3n) is 3.34. The number of halogens is 2. The number of benzene rings is 2. The van der Waals surface area contributed by atoms with E-state index in [9.17, 15) is 0 Å². The SMILES string of the molecule is COc1ccc(-c2noc([C@@H](C)Oc3ccc(Cl)cc3Cl)n2)cc1. The molecule has 7 heteroatoms. The van der Waals surface area contributed by atoms with E-state index in [0.717, 1.165) is 11.3 Å². The Morgan fingerprint density at radius 1 is 1.08 bits per heavy atom. The normalized spacial score (nSPS) is 12.0. The molecule has 0 spiro atoms. The summed E-state index contributed by atoms with van der Waals surface area (Å²) in [6, 6.07) is 12.4. The number of aromatic nitrogens is 2. The van der Waals surface area contributed by atoms with E-state index in [2.05, 4.69) is 10.1 Å². The fourth-order valence-corrected chi connectivity index (χ4v) is 2.52. The van der Waals surface area contributed by atoms with Crippen molar-refractivity contribution in [2.75, 3.05) is 7.11 Å². The van der Waals surface area contributed by atoms with Gasteiger partial charge in [0.2, 0.25) is 5.82 Å². The monoisotopic (exact) mass is 364 g/mol. The first-order valence-corrected chi connectivity index (χ1v) is 7.92. The number of ether oxygens (including phenoxy) is 2. The van der Waals surface area contributed by atoms with Crippen LogP contribution in [0.4, 0.5) is 0 Å². The summed E-state index contributed by atoms with van der Waals surface area (Å²) in [5.41, 5.74) is 0.822. The van der Waals surface area contributed by atoms with Gasteiger partial charge in [-0.15, -0.1) is 0 Å². The summed E-state index contributed by atoms with van der Waals surface area (Å²) in [5, 5.41) is 4.94. The Kier molecular flexibility index (Phi) is 4.92. The van der Waals surface area contributed by atoms with E-state index in [0.29, 0.717) is 27.5 Å². The minimum Gasteiger partial charge on any atom is -0.497 e. The molecule has 0 amide bonds. The number of hydrogen-bond donors (Lipinski definition) is 0. The topological polar surface area (TPSA) is 57.4 Å². The van der Waals surface area contributed by atoms with Crippen LogP contribution in [0.3, 0.4) is 0 Å². The molecule has 0 aliphatic heterocycles. The maximum Gasteiger partial charge on any atom is 0.267 e. The van der Waals surface area contributed by atoms with Gasteiger partial charge >= 0.3 is 0 Å². The van der Waals surface area contributed by atoms with Crippen molar-refractivity contribution in [2.45, 2.75) is 13.0 Å². The van der Waals surface area contributed by atoms with Gasteiger partial charge in [-0.2, -0.15) is 4.98 Å². The van der Waals surface area contributed by atoms with Crippen molar-refractivity contribution in [1.29, 1.82) is 0 Å². The number of nitrogens with zero attached hydrogens (tertiary/aromatic N) is 2. The highest BCUT2D eigenvalue weighted by molar-refractivity contribution is 6.35. The Labute approximate surface area is 149 Å². The summed E-state index contributed by atoms with van der Waals surface area (Å²) in [4.78, 5) is 4.37. The Morgan fingerprint density at radius 2 is 1.83 bits per heavy atom. The third kappa shape index (κ3) is 3.63. The minimum atomic E-state index is -0.455. The molecule has 1 atom stereocenters. The van der Waals surface area contributed by atoms with Crippen LogP contribution in [0.2, 0.25) is 10.0 Å². The highest BCUT2D eigenvalue weighted by Gasteiger charge is 2.18. The van der Waals surface area contributed by atoms with Crippen LogP contribution in [0.1, 0.15) is 18.9 Å². The van der Waals surface area contributed by atoms with Gasteiger partial charge in [-0.3, -0.25) is 0 Å². The van der Waals surface area contributed by atoms with Crippen molar-refractivity contribution >= 4 is 23.2 Å². The van der Waals surface area contributed by atoms with E-state index in [1.807, 2.05) is 24.3 Å². The van der Waals surface area contributed by atoms with Gasteiger partial charge in [-0.05, 0) is 49.4 Å². The summed E-state index contributed by atoms with van der Waals surface area (Å²) in [6.07, 6.45) is -0.455. The van der Waals surface area contributed by atoms with Crippen LogP contribution in [-0.2, 0) is 0 Å². The van der Waals surface area contributed by atoms with Crippen LogP contribution in [0.15, 0.2) is 47.0 Å². The molecule has 24 heavy (non-hydrogen) atoms. The fraction of sp³-hybridized carbons (Fsp3) is 0.176. The largest absolute Gasteiger partial charge is 0.497 e. The minimum absolute atomic E-state index is 0.354. The summed E-state index contributed by atoms with van der Waals surface area (Å²) in [5.74, 6) is 2.09. The summed E-state index contributed by atoms with van der Waals surface area (Å²) >= 11 is 12.0. The first-order chi connectivity index (χ1) is 11.6. The maximum absolute atomic E-state index is 6.10. The second kappa shape index (κ2) is 7.11. The van der Waals surface area contributed by atoms with E-state index in [4.69, 9.17) is 37.2 Å². The smallest absolute Gasteiger partial charge is 0.267 e. The summed E-state index contributed by atoms with van der Waals surface area (Å²) in [6.45, 7) is 1.80. The lowest BCUT2D eigenvalue weighted by molar-refractivity contribution is 0.176. The molecule has 1 aromatic heterocycles. The van der Waals surface area contributed by atoms with Crippen molar-refractivity contribution in [1.82, 2.24) is 10.1 Å². The van der Waals surface area contributed by atoms with E-state index < -0.39 is 6.10 Å². The second-order valence-electron chi connectivity index (χ2n) is 5.02. The van der Waals surface area contributed by atoms with Gasteiger partial charge < -0.3 is 14.0 Å². The molecular formula is C17H14Cl2N2O3. The van der Waals surface area contributed by atoms with E-state index in [-0.39, 0.29) is 0 Å². The number of methoxy groups -OCH3 is 1. The van der Waals surface area contributed by atoms with Crippen LogP contribution in [0.25, 0.3) is 11.4 Å². The van der Waals surface area contributed by atoms with E-state index >= 15 is 0 Å². The first kappa shape index (κ1) is 16.6. The Balaban J connectivity index is 1.76. The molecule has 0 aliphatic rings. The third-order valence-corrected chi connectivity index (χ3v) is 3.87. The molecule has 0 saturated carbocycles. The maximum atomic E-state index is 6.10. The zero-order valence-electron chi connectivity index (χ0n) is 13.0. The van der Waals surface area contributed by atoms with Crippen molar-refractivity contribution in [3.63, 3.8) is 0 Å². The van der Waals surface area contributed by atoms with Gasteiger partial charge in [0.15, 0.2) is 6.10 Å². The lowest BCUT2D eigenvalue weighted by Gasteiger charge is -2.12. The standard InChI is InChI=1S/C17H14Cl2N2O3/c1-10(23-15-8-5-12(18)9-14(15)19)17-20-16(21-24-17)11-3-6-13(22-2)7-4-11/h3-10H,1-2H3/t10-/m1/s1. The van der Waals surface area contributed by atoms with Crippen LogP contribution < -0.4 is 9.47 Å². The van der Waals surface area contributed by atoms with Gasteiger partial charge in [-0.1, -0.05) is 28.4 Å². The molecule has 0 bridgehead atoms. The quantitative estimate of drug-likeness (QED) is 0.623. The van der Waals surface area contributed by atoms with E-state index in [1.165, 1.54) is 0 Å². The van der Waals surface area contributed by atoms with Crippen molar-refractivity contribution in [3.05, 3.63) is 58.4 Å². The van der Waals surface area contributed by atoms with Crippen LogP contribution >= 0.6 is 23.2 Å². The Bertz CT molecular complexity index is 834. The molecule has 0 saturated heterocycles. The van der Waals surface area contributed by atoms with Gasteiger partial charge in [-0.25, -0.2) is 0 Å². The first-order valence-electron chi connectivity index (χ1n) is 7.16. The molecule has 0 N–H and O–H groups in total. The zero-order chi connectivity index (χ0) is 17.1. The molecule has 2 aromatic carbocycles. The average Bonchev–Trinajstić information content (AvgIpc) is 3.07. The van der Waals surface area contributed by atoms with Crippen molar-refractivity contribution in [2.24, 2.45) is 0 Å². The fourth-order valence-electron chi connectivity index (χ4n) is 2.07. The highest BCUT2D eigenvalue weighted by atomic mass is 35.5. The Hall–Kier alpha value is -2.24. The highest BCUT2D eigenvalue weighted by Crippen LogP contribution is 2.31. The molecule has 1 heterocycles. The second-order valence-corrected chi connectivity index (χ2v) is 5.86. The molecule has 0 aliphatic carbocycles. The van der Waals surface area contributed by atoms with Crippen LogP contribution in [0, 0.1) is 0 Å². The Morgan fingerprint density at radius 3 is 2.50 bits per heavy atom. The van der Waals surface area contributed by atoms with Gasteiger partial charge in [0.1, 0.15) is 11.5 Å². The molecule has 0 unspecified atom stereocenters. The van der Waals surface area contributed by atoms with Crippen molar-refractivity contribution < 1.29 is 14.0 Å². The average molecular weight is 365 g/mol. The lowest BCUT2D eigenvalue weighted by Crippen LogP contribution is -2.03. The van der Waals surface area contributed by atoms with Crippen LogP contribution in [0.5, 0.6) is 11.5 Å². The van der Waals surface area contributed by atoms with Gasteiger partial charge in [0, 0.05) is 10.6 Å². The lowest BCUT2D eigenvalue weighted by atomic mass is 10.2. The summed E-state index contributed by atoms with van der Waals surface area (Å²) in [7, 11) is 1.61. The molecule has 124 valence electrons.